The monoisotopic (exact) mass is 202 g/mol. The lowest BCUT2D eigenvalue weighted by molar-refractivity contribution is 0.529. The number of ether oxygens (including phenoxy) is 1. The fraction of sp³-hybridized carbons (Fsp3) is 0.167. The average Bonchev–Trinajstić information content (AvgIpc) is 2.16. The van der Waals surface area contributed by atoms with E-state index in [9.17, 15) is 0 Å². The molecule has 15 heavy (non-hydrogen) atoms. The van der Waals surface area contributed by atoms with Gasteiger partial charge in [0.05, 0.1) is 0 Å². The van der Waals surface area contributed by atoms with Gasteiger partial charge in [-0.25, -0.2) is 9.98 Å². The fourth-order valence-corrected chi connectivity index (χ4v) is 0.980. The Kier molecular flexibility index (Phi) is 3.80. The minimum atomic E-state index is 0.403. The molecule has 0 fully saturated rings. The molecule has 0 unspecified atom stereocenters. The SMILES string of the molecule is C=CC(=NC(=C)C)Oc1cccc(C)n1. The molecule has 3 heteroatoms. The molecule has 3 nitrogen and oxygen atoms in total. The van der Waals surface area contributed by atoms with Crippen LogP contribution < -0.4 is 4.74 Å². The number of allylic oxidation sites excluding steroid dienone is 1. The van der Waals surface area contributed by atoms with Gasteiger partial charge in [0.1, 0.15) is 0 Å². The number of pyridine rings is 1. The number of aromatic nitrogens is 1. The zero-order chi connectivity index (χ0) is 11.3. The molecule has 0 saturated carbocycles. The lowest BCUT2D eigenvalue weighted by Crippen LogP contribution is -2.06. The second-order valence-corrected chi connectivity index (χ2v) is 3.11. The lowest BCUT2D eigenvalue weighted by atomic mass is 10.4. The predicted octanol–water partition coefficient (Wildman–Crippen LogP) is 2.89. The molecule has 1 rings (SSSR count). The van der Waals surface area contributed by atoms with Crippen molar-refractivity contribution in [2.24, 2.45) is 4.99 Å². The molecule has 1 aromatic heterocycles. The molecule has 1 heterocycles. The Morgan fingerprint density at radius 2 is 2.27 bits per heavy atom. The first-order chi connectivity index (χ1) is 7.11. The highest BCUT2D eigenvalue weighted by atomic mass is 16.5. The molecule has 0 bridgehead atoms. The molecule has 0 atom stereocenters. The van der Waals surface area contributed by atoms with Crippen LogP contribution in [-0.2, 0) is 0 Å². The van der Waals surface area contributed by atoms with Crippen molar-refractivity contribution in [3.05, 3.63) is 48.8 Å². The summed E-state index contributed by atoms with van der Waals surface area (Å²) < 4.78 is 5.42. The van der Waals surface area contributed by atoms with Gasteiger partial charge in [0.25, 0.3) is 0 Å². The van der Waals surface area contributed by atoms with E-state index in [-0.39, 0.29) is 0 Å². The van der Waals surface area contributed by atoms with Gasteiger partial charge < -0.3 is 4.74 Å². The van der Waals surface area contributed by atoms with Gasteiger partial charge in [0, 0.05) is 17.5 Å². The van der Waals surface area contributed by atoms with E-state index < -0.39 is 0 Å². The maximum atomic E-state index is 5.42. The van der Waals surface area contributed by atoms with E-state index >= 15 is 0 Å². The van der Waals surface area contributed by atoms with Gasteiger partial charge in [-0.05, 0) is 26.0 Å². The Balaban J connectivity index is 2.84. The Bertz CT molecular complexity index is 408. The number of hydrogen-bond donors (Lipinski definition) is 0. The Morgan fingerprint density at radius 1 is 1.53 bits per heavy atom. The number of hydrogen-bond acceptors (Lipinski definition) is 3. The standard InChI is InChI=1S/C12H14N2O/c1-5-11(13-9(2)3)15-12-8-6-7-10(4)14-12/h5-8H,1-2H2,3-4H3. The van der Waals surface area contributed by atoms with E-state index in [2.05, 4.69) is 23.1 Å². The van der Waals surface area contributed by atoms with Crippen molar-refractivity contribution < 1.29 is 4.74 Å². The zero-order valence-corrected chi connectivity index (χ0v) is 9.03. The van der Waals surface area contributed by atoms with Gasteiger partial charge >= 0.3 is 0 Å². The van der Waals surface area contributed by atoms with Crippen molar-refractivity contribution in [1.29, 1.82) is 0 Å². The van der Waals surface area contributed by atoms with E-state index in [1.165, 1.54) is 6.08 Å². The van der Waals surface area contributed by atoms with Crippen LogP contribution in [0.2, 0.25) is 0 Å². The second-order valence-electron chi connectivity index (χ2n) is 3.11. The molecule has 0 aliphatic carbocycles. The summed E-state index contributed by atoms with van der Waals surface area (Å²) in [6.45, 7) is 11.0. The lowest BCUT2D eigenvalue weighted by Gasteiger charge is -2.04. The summed E-state index contributed by atoms with van der Waals surface area (Å²) in [5, 5.41) is 0. The van der Waals surface area contributed by atoms with Crippen LogP contribution in [0.5, 0.6) is 5.88 Å². The minimum absolute atomic E-state index is 0.403. The molecule has 1 aromatic rings. The quantitative estimate of drug-likeness (QED) is 0.558. The molecule has 0 N–H and O–H groups in total. The van der Waals surface area contributed by atoms with E-state index in [4.69, 9.17) is 4.74 Å². The van der Waals surface area contributed by atoms with Gasteiger partial charge in [-0.15, -0.1) is 0 Å². The molecule has 0 spiro atoms. The van der Waals surface area contributed by atoms with Crippen molar-refractivity contribution in [2.45, 2.75) is 13.8 Å². The summed E-state index contributed by atoms with van der Waals surface area (Å²) in [5.41, 5.74) is 1.56. The molecule has 0 amide bonds. The number of nitrogens with zero attached hydrogens (tertiary/aromatic N) is 2. The van der Waals surface area contributed by atoms with E-state index in [1.54, 1.807) is 13.0 Å². The maximum absolute atomic E-state index is 5.42. The topological polar surface area (TPSA) is 34.5 Å². The van der Waals surface area contributed by atoms with Crippen LogP contribution in [0.4, 0.5) is 0 Å². The maximum Gasteiger partial charge on any atom is 0.221 e. The minimum Gasteiger partial charge on any atom is -0.421 e. The molecule has 0 radical (unpaired) electrons. The zero-order valence-electron chi connectivity index (χ0n) is 9.03. The molecule has 78 valence electrons. The van der Waals surface area contributed by atoms with Crippen molar-refractivity contribution in [3.8, 4) is 5.88 Å². The largest absolute Gasteiger partial charge is 0.421 e. The third kappa shape index (κ3) is 3.77. The summed E-state index contributed by atoms with van der Waals surface area (Å²) >= 11 is 0. The van der Waals surface area contributed by atoms with Gasteiger partial charge in [-0.1, -0.05) is 19.2 Å². The van der Waals surface area contributed by atoms with Gasteiger partial charge in [0.2, 0.25) is 11.8 Å². The third-order valence-corrected chi connectivity index (χ3v) is 1.55. The number of aryl methyl sites for hydroxylation is 1. The summed E-state index contributed by atoms with van der Waals surface area (Å²) in [6.07, 6.45) is 1.53. The van der Waals surface area contributed by atoms with E-state index in [0.717, 1.165) is 5.69 Å². The summed E-state index contributed by atoms with van der Waals surface area (Å²) in [6, 6.07) is 5.54. The van der Waals surface area contributed by atoms with Gasteiger partial charge in [-0.2, -0.15) is 0 Å². The molecular weight excluding hydrogens is 188 g/mol. The highest BCUT2D eigenvalue weighted by Gasteiger charge is 1.99. The third-order valence-electron chi connectivity index (χ3n) is 1.55. The van der Waals surface area contributed by atoms with Crippen LogP contribution in [0.15, 0.2) is 48.1 Å². The Labute approximate surface area is 89.8 Å². The number of aliphatic imine (C=N–C) groups is 1. The summed E-state index contributed by atoms with van der Waals surface area (Å²) in [4.78, 5) is 8.25. The van der Waals surface area contributed by atoms with Crippen molar-refractivity contribution in [2.75, 3.05) is 0 Å². The molecule has 0 aliphatic rings. The smallest absolute Gasteiger partial charge is 0.221 e. The van der Waals surface area contributed by atoms with Gasteiger partial charge in [-0.3, -0.25) is 0 Å². The van der Waals surface area contributed by atoms with E-state index in [0.29, 0.717) is 17.5 Å². The Hall–Kier alpha value is -1.90. The Morgan fingerprint density at radius 3 is 2.80 bits per heavy atom. The average molecular weight is 202 g/mol. The highest BCUT2D eigenvalue weighted by Crippen LogP contribution is 2.08. The second kappa shape index (κ2) is 5.10. The van der Waals surface area contributed by atoms with Gasteiger partial charge in [0.15, 0.2) is 0 Å². The molecule has 0 saturated heterocycles. The molecule has 0 aromatic carbocycles. The fourth-order valence-electron chi connectivity index (χ4n) is 0.980. The van der Waals surface area contributed by atoms with Crippen LogP contribution >= 0.6 is 0 Å². The van der Waals surface area contributed by atoms with Crippen molar-refractivity contribution >= 4 is 5.90 Å². The highest BCUT2D eigenvalue weighted by molar-refractivity contribution is 5.89. The summed E-state index contributed by atoms with van der Waals surface area (Å²) in [5.74, 6) is 0.913. The first-order valence-corrected chi connectivity index (χ1v) is 4.60. The molecule has 0 aliphatic heterocycles. The summed E-state index contributed by atoms with van der Waals surface area (Å²) in [7, 11) is 0. The first kappa shape index (κ1) is 11.2. The van der Waals surface area contributed by atoms with Crippen LogP contribution in [0.25, 0.3) is 0 Å². The van der Waals surface area contributed by atoms with E-state index in [1.807, 2.05) is 19.1 Å². The van der Waals surface area contributed by atoms with Crippen LogP contribution in [0.1, 0.15) is 12.6 Å². The van der Waals surface area contributed by atoms with Crippen molar-refractivity contribution in [1.82, 2.24) is 4.98 Å². The van der Waals surface area contributed by atoms with Crippen LogP contribution in [0.3, 0.4) is 0 Å². The van der Waals surface area contributed by atoms with Crippen LogP contribution in [0, 0.1) is 6.92 Å². The molecular formula is C12H14N2O. The number of rotatable bonds is 3. The first-order valence-electron chi connectivity index (χ1n) is 4.60. The predicted molar refractivity (Wildman–Crippen MR) is 62.0 cm³/mol. The van der Waals surface area contributed by atoms with Crippen molar-refractivity contribution in [3.63, 3.8) is 0 Å². The van der Waals surface area contributed by atoms with Crippen LogP contribution in [-0.4, -0.2) is 10.9 Å². The normalized spacial score (nSPS) is 10.9.